The van der Waals surface area contributed by atoms with Crippen molar-refractivity contribution in [2.75, 3.05) is 56.0 Å². The molecule has 0 aliphatic carbocycles. The van der Waals surface area contributed by atoms with Crippen LogP contribution in [0.5, 0.6) is 0 Å². The summed E-state index contributed by atoms with van der Waals surface area (Å²) in [4.78, 5) is 45.5. The number of nitrogens with zero attached hydrogens (tertiary/aromatic N) is 7. The van der Waals surface area contributed by atoms with Gasteiger partial charge in [0.2, 0.25) is 11.8 Å². The monoisotopic (exact) mass is 605 g/mol. The molecule has 2 saturated heterocycles. The number of rotatable bonds is 7. The van der Waals surface area contributed by atoms with Crippen LogP contribution in [0.25, 0.3) is 33.5 Å². The molecule has 2 N–H and O–H groups in total. The number of aromatic amines is 1. The molecule has 0 saturated carbocycles. The van der Waals surface area contributed by atoms with Crippen molar-refractivity contribution in [3.05, 3.63) is 85.1 Å². The molecule has 0 radical (unpaired) electrons. The lowest BCUT2D eigenvalue weighted by molar-refractivity contribution is -0.132. The lowest BCUT2D eigenvalue weighted by Gasteiger charge is -2.36. The predicted molar refractivity (Wildman–Crippen MR) is 169 cm³/mol. The van der Waals surface area contributed by atoms with Crippen molar-refractivity contribution in [3.63, 3.8) is 0 Å². The van der Waals surface area contributed by atoms with Gasteiger partial charge in [-0.3, -0.25) is 19.6 Å². The van der Waals surface area contributed by atoms with Gasteiger partial charge in [0.05, 0.1) is 23.7 Å². The second-order valence-electron chi connectivity index (χ2n) is 11.4. The smallest absolute Gasteiger partial charge is 0.236 e. The fraction of sp³-hybridized carbons (Fsp3) is 0.273. The van der Waals surface area contributed by atoms with Crippen LogP contribution < -0.4 is 10.2 Å². The summed E-state index contributed by atoms with van der Waals surface area (Å²) in [6.07, 6.45) is 5.90. The Hall–Kier alpha value is -5.23. The normalized spacial score (nSPS) is 17.1. The highest BCUT2D eigenvalue weighted by molar-refractivity contribution is 5.98. The van der Waals surface area contributed by atoms with Crippen LogP contribution in [0.4, 0.5) is 15.9 Å². The Morgan fingerprint density at radius 2 is 1.69 bits per heavy atom. The zero-order chi connectivity index (χ0) is 30.8. The lowest BCUT2D eigenvalue weighted by atomic mass is 10.1. The second kappa shape index (κ2) is 12.4. The first-order valence-electron chi connectivity index (χ1n) is 15.0. The Balaban J connectivity index is 0.885. The van der Waals surface area contributed by atoms with E-state index in [9.17, 15) is 14.0 Å². The van der Waals surface area contributed by atoms with E-state index in [1.807, 2.05) is 35.2 Å². The number of H-pyrrole nitrogens is 1. The summed E-state index contributed by atoms with van der Waals surface area (Å²) in [5, 5.41) is 11.3. The third-order valence-electron chi connectivity index (χ3n) is 8.48. The Morgan fingerprint density at radius 1 is 0.911 bits per heavy atom. The van der Waals surface area contributed by atoms with Gasteiger partial charge in [0.1, 0.15) is 11.6 Å². The molecule has 2 fully saturated rings. The number of halogens is 1. The Kier molecular flexibility index (Phi) is 7.87. The van der Waals surface area contributed by atoms with Gasteiger partial charge < -0.3 is 15.1 Å². The van der Waals surface area contributed by atoms with Crippen LogP contribution >= 0.6 is 0 Å². The first-order chi connectivity index (χ1) is 22.0. The maximum absolute atomic E-state index is 13.3. The third-order valence-corrected chi connectivity index (χ3v) is 8.48. The van der Waals surface area contributed by atoms with Gasteiger partial charge in [-0.05, 0) is 73.6 Å². The number of amides is 2. The molecule has 1 atom stereocenters. The van der Waals surface area contributed by atoms with E-state index in [0.717, 1.165) is 33.5 Å². The Bertz CT molecular complexity index is 1800. The summed E-state index contributed by atoms with van der Waals surface area (Å²) < 4.78 is 13.3. The highest BCUT2D eigenvalue weighted by Gasteiger charge is 2.31. The quantitative estimate of drug-likeness (QED) is 0.287. The van der Waals surface area contributed by atoms with E-state index in [2.05, 4.69) is 40.3 Å². The summed E-state index contributed by atoms with van der Waals surface area (Å²) >= 11 is 0. The first kappa shape index (κ1) is 28.5. The predicted octanol–water partition coefficient (Wildman–Crippen LogP) is 3.83. The van der Waals surface area contributed by atoms with Gasteiger partial charge in [0.15, 0.2) is 5.82 Å². The van der Waals surface area contributed by atoms with E-state index >= 15 is 0 Å². The number of likely N-dealkylation sites (tertiary alicyclic amines) is 1. The molecule has 45 heavy (non-hydrogen) atoms. The van der Waals surface area contributed by atoms with Crippen LogP contribution in [-0.2, 0) is 9.59 Å². The van der Waals surface area contributed by atoms with Crippen molar-refractivity contribution in [1.29, 1.82) is 0 Å². The summed E-state index contributed by atoms with van der Waals surface area (Å²) in [5.41, 5.74) is 3.85. The maximum atomic E-state index is 13.3. The topological polar surface area (TPSA) is 123 Å². The molecule has 2 aliphatic heterocycles. The molecule has 1 unspecified atom stereocenters. The van der Waals surface area contributed by atoms with Crippen molar-refractivity contribution < 1.29 is 14.0 Å². The highest BCUT2D eigenvalue weighted by atomic mass is 19.1. The molecule has 5 aromatic rings. The summed E-state index contributed by atoms with van der Waals surface area (Å²) in [7, 11) is 0. The molecule has 12 heteroatoms. The third kappa shape index (κ3) is 6.22. The van der Waals surface area contributed by atoms with Gasteiger partial charge >= 0.3 is 0 Å². The summed E-state index contributed by atoms with van der Waals surface area (Å²) in [6.45, 7) is 4.21. The van der Waals surface area contributed by atoms with E-state index in [-0.39, 0.29) is 23.5 Å². The van der Waals surface area contributed by atoms with Gasteiger partial charge in [-0.15, -0.1) is 0 Å². The highest BCUT2D eigenvalue weighted by Crippen LogP contribution is 2.29. The largest absolute Gasteiger partial charge is 0.353 e. The van der Waals surface area contributed by atoms with Crippen LogP contribution in [0.2, 0.25) is 0 Å². The SMILES string of the molecule is O=C(Nc1ccc2c(-c3ccc(F)cc3)n[nH]c2c1)C1CCN(CC(=O)N2CCN(c3ccc(-c4ncccn4)cn3)CC2)C1. The standard InChI is InChI=1S/C33H32FN9O2/c34-25-5-2-22(3-6-25)31-27-8-7-26(18-28(27)39-40-31)38-33(45)24-10-13-41(20-24)21-30(44)43-16-14-42(15-17-43)29-9-4-23(19-37-29)32-35-11-1-12-36-32/h1-9,11-12,18-19,24H,10,13-17,20-21H2,(H,38,45)(H,39,40). The van der Waals surface area contributed by atoms with Crippen molar-refractivity contribution in [2.45, 2.75) is 6.42 Å². The fourth-order valence-electron chi connectivity index (χ4n) is 5.99. The molecule has 5 heterocycles. The minimum atomic E-state index is -0.298. The van der Waals surface area contributed by atoms with Crippen LogP contribution in [0.3, 0.4) is 0 Å². The molecule has 0 bridgehead atoms. The van der Waals surface area contributed by atoms with E-state index < -0.39 is 0 Å². The van der Waals surface area contributed by atoms with E-state index in [1.54, 1.807) is 36.8 Å². The molecule has 3 aromatic heterocycles. The fourth-order valence-corrected chi connectivity index (χ4v) is 5.99. The number of benzene rings is 2. The molecule has 228 valence electrons. The minimum Gasteiger partial charge on any atom is -0.353 e. The number of hydrogen-bond acceptors (Lipinski definition) is 8. The average Bonchev–Trinajstić information content (AvgIpc) is 3.73. The zero-order valence-electron chi connectivity index (χ0n) is 24.6. The molecule has 7 rings (SSSR count). The Labute approximate surface area is 259 Å². The van der Waals surface area contributed by atoms with E-state index in [1.165, 1.54) is 12.1 Å². The number of anilines is 2. The number of nitrogens with one attached hydrogen (secondary N) is 2. The number of fused-ring (bicyclic) bond motifs is 1. The van der Waals surface area contributed by atoms with Gasteiger partial charge in [0.25, 0.3) is 0 Å². The van der Waals surface area contributed by atoms with E-state index in [0.29, 0.717) is 63.7 Å². The maximum Gasteiger partial charge on any atom is 0.236 e. The number of pyridine rings is 1. The summed E-state index contributed by atoms with van der Waals surface area (Å²) in [5.74, 6) is 1.04. The van der Waals surface area contributed by atoms with Gasteiger partial charge in [-0.2, -0.15) is 5.10 Å². The lowest BCUT2D eigenvalue weighted by Crippen LogP contribution is -2.51. The zero-order valence-corrected chi connectivity index (χ0v) is 24.6. The van der Waals surface area contributed by atoms with E-state index in [4.69, 9.17) is 0 Å². The number of aromatic nitrogens is 5. The molecule has 2 aromatic carbocycles. The number of hydrogen-bond donors (Lipinski definition) is 2. The van der Waals surface area contributed by atoms with Crippen LogP contribution in [-0.4, -0.2) is 92.6 Å². The van der Waals surface area contributed by atoms with Crippen LogP contribution in [0, 0.1) is 11.7 Å². The number of carbonyl (C=O) groups is 2. The number of carbonyl (C=O) groups excluding carboxylic acids is 2. The van der Waals surface area contributed by atoms with Gasteiger partial charge in [-0.25, -0.2) is 19.3 Å². The van der Waals surface area contributed by atoms with Gasteiger partial charge in [0, 0.05) is 73.5 Å². The molecule has 0 spiro atoms. The molecule has 2 amide bonds. The minimum absolute atomic E-state index is 0.0615. The number of piperazine rings is 1. The molecule has 11 nitrogen and oxygen atoms in total. The molecule has 2 aliphatic rings. The molecular formula is C33H32FN9O2. The van der Waals surface area contributed by atoms with Crippen molar-refractivity contribution in [3.8, 4) is 22.6 Å². The summed E-state index contributed by atoms with van der Waals surface area (Å²) in [6, 6.07) is 17.5. The van der Waals surface area contributed by atoms with Crippen molar-refractivity contribution >= 4 is 34.2 Å². The Morgan fingerprint density at radius 3 is 2.44 bits per heavy atom. The van der Waals surface area contributed by atoms with Crippen molar-refractivity contribution in [2.24, 2.45) is 5.92 Å². The van der Waals surface area contributed by atoms with Crippen LogP contribution in [0.1, 0.15) is 6.42 Å². The molecular weight excluding hydrogens is 573 g/mol. The first-order valence-corrected chi connectivity index (χ1v) is 15.0. The second-order valence-corrected chi connectivity index (χ2v) is 11.4. The van der Waals surface area contributed by atoms with Crippen LogP contribution in [0.15, 0.2) is 79.3 Å². The van der Waals surface area contributed by atoms with Gasteiger partial charge in [-0.1, -0.05) is 0 Å². The average molecular weight is 606 g/mol. The van der Waals surface area contributed by atoms with Crippen molar-refractivity contribution in [1.82, 2.24) is 34.9 Å².